The first-order valence-corrected chi connectivity index (χ1v) is 5.94. The maximum atomic E-state index is 5.78. The Morgan fingerprint density at radius 1 is 1.31 bits per heavy atom. The standard InChI is InChI=1S/C14H21NO/c1-9(2)15-11-6-10(3)13-12(7-11)14(4,5)8-16-13/h6-7,9,15H,8H2,1-5H3. The maximum absolute atomic E-state index is 5.78. The Morgan fingerprint density at radius 3 is 2.62 bits per heavy atom. The first-order valence-electron chi connectivity index (χ1n) is 5.94. The summed E-state index contributed by atoms with van der Waals surface area (Å²) >= 11 is 0. The minimum atomic E-state index is 0.134. The molecule has 0 unspecified atom stereocenters. The molecule has 0 aliphatic carbocycles. The molecule has 0 saturated heterocycles. The van der Waals surface area contributed by atoms with Gasteiger partial charge in [0.1, 0.15) is 5.75 Å². The van der Waals surface area contributed by atoms with Gasteiger partial charge in [-0.05, 0) is 38.5 Å². The summed E-state index contributed by atoms with van der Waals surface area (Å²) in [4.78, 5) is 0. The molecular weight excluding hydrogens is 198 g/mol. The third-order valence-corrected chi connectivity index (χ3v) is 3.04. The highest BCUT2D eigenvalue weighted by molar-refractivity contribution is 5.59. The topological polar surface area (TPSA) is 21.3 Å². The van der Waals surface area contributed by atoms with Crippen molar-refractivity contribution >= 4 is 5.69 Å². The van der Waals surface area contributed by atoms with Crippen LogP contribution in [-0.2, 0) is 5.41 Å². The third-order valence-electron chi connectivity index (χ3n) is 3.04. The average molecular weight is 219 g/mol. The first kappa shape index (κ1) is 11.3. The van der Waals surface area contributed by atoms with Gasteiger partial charge < -0.3 is 10.1 Å². The quantitative estimate of drug-likeness (QED) is 0.822. The van der Waals surface area contributed by atoms with E-state index in [0.717, 1.165) is 12.4 Å². The second-order valence-corrected chi connectivity index (χ2v) is 5.64. The van der Waals surface area contributed by atoms with Crippen molar-refractivity contribution in [2.45, 2.75) is 46.1 Å². The van der Waals surface area contributed by atoms with Gasteiger partial charge in [-0.15, -0.1) is 0 Å². The van der Waals surface area contributed by atoms with E-state index in [1.165, 1.54) is 16.8 Å². The molecule has 2 nitrogen and oxygen atoms in total. The van der Waals surface area contributed by atoms with E-state index in [1.807, 2.05) is 0 Å². The van der Waals surface area contributed by atoms with Crippen LogP contribution in [0, 0.1) is 6.92 Å². The Labute approximate surface area is 98.0 Å². The Morgan fingerprint density at radius 2 is 2.00 bits per heavy atom. The normalized spacial score (nSPS) is 17.1. The summed E-state index contributed by atoms with van der Waals surface area (Å²) in [5.41, 5.74) is 3.89. The van der Waals surface area contributed by atoms with Crippen LogP contribution >= 0.6 is 0 Å². The zero-order chi connectivity index (χ0) is 11.9. The van der Waals surface area contributed by atoms with Gasteiger partial charge in [-0.1, -0.05) is 13.8 Å². The number of aryl methyl sites for hydroxylation is 1. The fourth-order valence-corrected chi connectivity index (χ4v) is 2.22. The summed E-state index contributed by atoms with van der Waals surface area (Å²) in [6, 6.07) is 4.86. The highest BCUT2D eigenvalue weighted by atomic mass is 16.5. The van der Waals surface area contributed by atoms with E-state index in [-0.39, 0.29) is 5.41 Å². The molecule has 16 heavy (non-hydrogen) atoms. The molecule has 0 atom stereocenters. The molecule has 1 aliphatic heterocycles. The Balaban J connectivity index is 2.44. The summed E-state index contributed by atoms with van der Waals surface area (Å²) in [6.45, 7) is 11.7. The van der Waals surface area contributed by atoms with Gasteiger partial charge in [0.2, 0.25) is 0 Å². The van der Waals surface area contributed by atoms with Crippen LogP contribution in [0.1, 0.15) is 38.8 Å². The fraction of sp³-hybridized carbons (Fsp3) is 0.571. The van der Waals surface area contributed by atoms with Crippen molar-refractivity contribution < 1.29 is 4.74 Å². The van der Waals surface area contributed by atoms with E-state index in [4.69, 9.17) is 4.74 Å². The first-order chi connectivity index (χ1) is 7.40. The van der Waals surface area contributed by atoms with Gasteiger partial charge in [0, 0.05) is 22.7 Å². The lowest BCUT2D eigenvalue weighted by molar-refractivity contribution is 0.290. The Bertz CT molecular complexity index is 407. The van der Waals surface area contributed by atoms with E-state index in [2.05, 4.69) is 52.1 Å². The van der Waals surface area contributed by atoms with Crippen molar-refractivity contribution in [2.24, 2.45) is 0 Å². The molecule has 1 aliphatic rings. The molecule has 0 bridgehead atoms. The second kappa shape index (κ2) is 3.69. The molecule has 0 fully saturated rings. The highest BCUT2D eigenvalue weighted by Gasteiger charge is 2.33. The number of hydrogen-bond acceptors (Lipinski definition) is 2. The van der Waals surface area contributed by atoms with Crippen molar-refractivity contribution in [3.8, 4) is 5.75 Å². The lowest BCUT2D eigenvalue weighted by atomic mass is 9.86. The summed E-state index contributed by atoms with van der Waals surface area (Å²) in [6.07, 6.45) is 0. The zero-order valence-corrected chi connectivity index (χ0v) is 10.8. The van der Waals surface area contributed by atoms with Crippen LogP contribution in [-0.4, -0.2) is 12.6 Å². The average Bonchev–Trinajstić information content (AvgIpc) is 2.42. The molecular formula is C14H21NO. The van der Waals surface area contributed by atoms with Crippen molar-refractivity contribution in [1.82, 2.24) is 0 Å². The third kappa shape index (κ3) is 1.89. The Kier molecular flexibility index (Phi) is 2.61. The van der Waals surface area contributed by atoms with Gasteiger partial charge in [-0.2, -0.15) is 0 Å². The zero-order valence-electron chi connectivity index (χ0n) is 10.8. The van der Waals surface area contributed by atoms with Crippen LogP contribution in [0.25, 0.3) is 0 Å². The molecule has 1 heterocycles. The summed E-state index contributed by atoms with van der Waals surface area (Å²) in [5.74, 6) is 1.08. The molecule has 2 rings (SSSR count). The number of ether oxygens (including phenoxy) is 1. The van der Waals surface area contributed by atoms with Crippen molar-refractivity contribution in [2.75, 3.05) is 11.9 Å². The van der Waals surface area contributed by atoms with Gasteiger partial charge in [0.15, 0.2) is 0 Å². The maximum Gasteiger partial charge on any atom is 0.126 e. The second-order valence-electron chi connectivity index (χ2n) is 5.64. The number of rotatable bonds is 2. The van der Waals surface area contributed by atoms with Gasteiger partial charge in [-0.3, -0.25) is 0 Å². The van der Waals surface area contributed by atoms with Crippen LogP contribution < -0.4 is 10.1 Å². The summed E-state index contributed by atoms with van der Waals surface area (Å²) < 4.78 is 5.78. The van der Waals surface area contributed by atoms with Gasteiger partial charge >= 0.3 is 0 Å². The SMILES string of the molecule is Cc1cc(NC(C)C)cc2c1OCC2(C)C. The number of benzene rings is 1. The lowest BCUT2D eigenvalue weighted by Gasteiger charge is -2.18. The van der Waals surface area contributed by atoms with E-state index in [1.54, 1.807) is 0 Å². The number of nitrogens with one attached hydrogen (secondary N) is 1. The molecule has 1 aromatic carbocycles. The van der Waals surface area contributed by atoms with Gasteiger partial charge in [0.05, 0.1) is 6.61 Å². The molecule has 0 radical (unpaired) electrons. The molecule has 0 spiro atoms. The smallest absolute Gasteiger partial charge is 0.126 e. The van der Waals surface area contributed by atoms with Crippen molar-refractivity contribution in [3.63, 3.8) is 0 Å². The fourth-order valence-electron chi connectivity index (χ4n) is 2.22. The van der Waals surface area contributed by atoms with Crippen LogP contribution in [0.4, 0.5) is 5.69 Å². The molecule has 0 amide bonds. The molecule has 1 aromatic rings. The molecule has 1 N–H and O–H groups in total. The summed E-state index contributed by atoms with van der Waals surface area (Å²) in [5, 5.41) is 3.46. The van der Waals surface area contributed by atoms with E-state index in [9.17, 15) is 0 Å². The van der Waals surface area contributed by atoms with Crippen LogP contribution in [0.3, 0.4) is 0 Å². The minimum absolute atomic E-state index is 0.134. The van der Waals surface area contributed by atoms with E-state index < -0.39 is 0 Å². The number of fused-ring (bicyclic) bond motifs is 1. The summed E-state index contributed by atoms with van der Waals surface area (Å²) in [7, 11) is 0. The van der Waals surface area contributed by atoms with E-state index >= 15 is 0 Å². The predicted molar refractivity (Wildman–Crippen MR) is 68.5 cm³/mol. The molecule has 88 valence electrons. The van der Waals surface area contributed by atoms with Crippen molar-refractivity contribution in [1.29, 1.82) is 0 Å². The van der Waals surface area contributed by atoms with Crippen LogP contribution in [0.5, 0.6) is 5.75 Å². The lowest BCUT2D eigenvalue weighted by Crippen LogP contribution is -2.18. The number of anilines is 1. The molecule has 0 aromatic heterocycles. The minimum Gasteiger partial charge on any atom is -0.492 e. The van der Waals surface area contributed by atoms with Crippen molar-refractivity contribution in [3.05, 3.63) is 23.3 Å². The predicted octanol–water partition coefficient (Wildman–Crippen LogP) is 3.49. The van der Waals surface area contributed by atoms with Crippen LogP contribution in [0.2, 0.25) is 0 Å². The van der Waals surface area contributed by atoms with Gasteiger partial charge in [-0.25, -0.2) is 0 Å². The molecule has 2 heteroatoms. The Hall–Kier alpha value is -1.18. The highest BCUT2D eigenvalue weighted by Crippen LogP contribution is 2.42. The largest absolute Gasteiger partial charge is 0.492 e. The van der Waals surface area contributed by atoms with E-state index in [0.29, 0.717) is 6.04 Å². The molecule has 0 saturated carbocycles. The monoisotopic (exact) mass is 219 g/mol. The number of hydrogen-bond donors (Lipinski definition) is 1. The van der Waals surface area contributed by atoms with Gasteiger partial charge in [0.25, 0.3) is 0 Å². The van der Waals surface area contributed by atoms with Crippen LogP contribution in [0.15, 0.2) is 12.1 Å².